The summed E-state index contributed by atoms with van der Waals surface area (Å²) in [7, 11) is 3.00. The number of ether oxygens (including phenoxy) is 3. The minimum absolute atomic E-state index is 0.0956. The maximum Gasteiger partial charge on any atom is 0.301 e. The number of carbonyl (C=O) groups excluding carboxylic acids is 2. The van der Waals surface area contributed by atoms with Gasteiger partial charge in [-0.3, -0.25) is 14.5 Å². The van der Waals surface area contributed by atoms with Crippen molar-refractivity contribution in [3.8, 4) is 17.2 Å². The van der Waals surface area contributed by atoms with E-state index >= 15 is 0 Å². The van der Waals surface area contributed by atoms with E-state index in [0.717, 1.165) is 23.3 Å². The molecule has 9 nitrogen and oxygen atoms in total. The molecule has 1 N–H and O–H groups in total. The van der Waals surface area contributed by atoms with Crippen LogP contribution < -0.4 is 19.1 Å². The number of hydrogen-bond acceptors (Lipinski definition) is 10. The van der Waals surface area contributed by atoms with Crippen molar-refractivity contribution in [3.63, 3.8) is 0 Å². The summed E-state index contributed by atoms with van der Waals surface area (Å²) >= 11 is 14.9. The summed E-state index contributed by atoms with van der Waals surface area (Å²) < 4.78 is 17.1. The molecular weight excluding hydrogens is 645 g/mol. The van der Waals surface area contributed by atoms with Gasteiger partial charge in [0.1, 0.15) is 11.5 Å². The Morgan fingerprint density at radius 3 is 2.43 bits per heavy atom. The number of rotatable bonds is 11. The highest BCUT2D eigenvalue weighted by Gasteiger charge is 2.48. The molecule has 0 aliphatic carbocycles. The fourth-order valence-electron chi connectivity index (χ4n) is 4.59. The first kappa shape index (κ1) is 31.6. The summed E-state index contributed by atoms with van der Waals surface area (Å²) in [5.41, 5.74) is 1.62. The molecule has 228 valence electrons. The normalized spacial score (nSPS) is 15.9. The SMILES string of the molecule is CCCOc1ccc(/C(O)=C2/C(=O)C(=O)N(c3nnc(SCc4ccc(Cl)cc4Cl)s3)C2c2ccc(OC)c(OC)c2)cc1. The van der Waals surface area contributed by atoms with Gasteiger partial charge in [-0.25, -0.2) is 0 Å². The Bertz CT molecular complexity index is 1730. The lowest BCUT2D eigenvalue weighted by molar-refractivity contribution is -0.132. The van der Waals surface area contributed by atoms with E-state index in [-0.39, 0.29) is 16.5 Å². The second-order valence-electron chi connectivity index (χ2n) is 9.53. The average molecular weight is 673 g/mol. The number of anilines is 1. The molecule has 44 heavy (non-hydrogen) atoms. The lowest BCUT2D eigenvalue weighted by Gasteiger charge is -2.23. The first-order chi connectivity index (χ1) is 21.2. The van der Waals surface area contributed by atoms with Gasteiger partial charge in [-0.2, -0.15) is 0 Å². The fraction of sp³-hybridized carbons (Fsp3) is 0.226. The second-order valence-corrected chi connectivity index (χ2v) is 12.6. The summed E-state index contributed by atoms with van der Waals surface area (Å²) in [4.78, 5) is 28.5. The molecule has 0 bridgehead atoms. The molecule has 1 fully saturated rings. The van der Waals surface area contributed by atoms with Crippen LogP contribution in [-0.4, -0.2) is 47.8 Å². The van der Waals surface area contributed by atoms with Crippen LogP contribution in [0.3, 0.4) is 0 Å². The van der Waals surface area contributed by atoms with E-state index in [1.165, 1.54) is 30.9 Å². The summed E-state index contributed by atoms with van der Waals surface area (Å²) in [5.74, 6) is -0.0647. The third-order valence-electron chi connectivity index (χ3n) is 6.74. The second kappa shape index (κ2) is 13.9. The zero-order valence-corrected chi connectivity index (χ0v) is 27.0. The predicted octanol–water partition coefficient (Wildman–Crippen LogP) is 7.57. The maximum absolute atomic E-state index is 13.6. The van der Waals surface area contributed by atoms with Gasteiger partial charge in [0.05, 0.1) is 32.4 Å². The van der Waals surface area contributed by atoms with Gasteiger partial charge in [0.15, 0.2) is 15.8 Å². The average Bonchev–Trinajstić information content (AvgIpc) is 3.60. The molecule has 13 heteroatoms. The van der Waals surface area contributed by atoms with Crippen LogP contribution in [0.15, 0.2) is 70.6 Å². The zero-order valence-electron chi connectivity index (χ0n) is 23.9. The van der Waals surface area contributed by atoms with Crippen LogP contribution in [0.4, 0.5) is 5.13 Å². The quantitative estimate of drug-likeness (QED) is 0.0567. The van der Waals surface area contributed by atoms with Crippen molar-refractivity contribution in [2.45, 2.75) is 29.5 Å². The number of benzene rings is 3. The minimum Gasteiger partial charge on any atom is -0.507 e. The molecule has 1 aliphatic heterocycles. The van der Waals surface area contributed by atoms with E-state index in [1.807, 2.05) is 13.0 Å². The van der Waals surface area contributed by atoms with E-state index in [4.69, 9.17) is 37.4 Å². The number of ketones is 1. The highest BCUT2D eigenvalue weighted by atomic mass is 35.5. The third kappa shape index (κ3) is 6.51. The summed E-state index contributed by atoms with van der Waals surface area (Å²) in [6.07, 6.45) is 0.844. The van der Waals surface area contributed by atoms with Crippen molar-refractivity contribution in [2.75, 3.05) is 25.7 Å². The molecule has 4 aromatic rings. The van der Waals surface area contributed by atoms with Crippen LogP contribution in [0.2, 0.25) is 10.0 Å². The van der Waals surface area contributed by atoms with Crippen LogP contribution in [0, 0.1) is 0 Å². The van der Waals surface area contributed by atoms with Gasteiger partial charge in [0, 0.05) is 21.4 Å². The van der Waals surface area contributed by atoms with E-state index < -0.39 is 17.7 Å². The number of carbonyl (C=O) groups is 2. The van der Waals surface area contributed by atoms with Crippen LogP contribution in [0.1, 0.15) is 36.1 Å². The summed E-state index contributed by atoms with van der Waals surface area (Å²) in [6, 6.07) is 16.0. The smallest absolute Gasteiger partial charge is 0.301 e. The number of methoxy groups -OCH3 is 2. The van der Waals surface area contributed by atoms with Crippen molar-refractivity contribution in [1.29, 1.82) is 0 Å². The number of thioether (sulfide) groups is 1. The van der Waals surface area contributed by atoms with Crippen LogP contribution >= 0.6 is 46.3 Å². The largest absolute Gasteiger partial charge is 0.507 e. The Morgan fingerprint density at radius 1 is 1.00 bits per heavy atom. The van der Waals surface area contributed by atoms with Crippen molar-refractivity contribution in [3.05, 3.63) is 93.0 Å². The minimum atomic E-state index is -1.03. The van der Waals surface area contributed by atoms with Crippen molar-refractivity contribution in [1.82, 2.24) is 10.2 Å². The predicted molar refractivity (Wildman–Crippen MR) is 172 cm³/mol. The lowest BCUT2D eigenvalue weighted by Crippen LogP contribution is -2.29. The number of aliphatic hydroxyl groups is 1. The molecule has 5 rings (SSSR count). The number of halogens is 2. The Kier molecular flexibility index (Phi) is 10.00. The number of amides is 1. The first-order valence-corrected chi connectivity index (χ1v) is 16.0. The van der Waals surface area contributed by atoms with Crippen molar-refractivity contribution < 1.29 is 28.9 Å². The Labute approximate surface area is 272 Å². The Morgan fingerprint density at radius 2 is 1.75 bits per heavy atom. The monoisotopic (exact) mass is 671 g/mol. The topological polar surface area (TPSA) is 111 Å². The van der Waals surface area contributed by atoms with E-state index in [1.54, 1.807) is 54.6 Å². The molecule has 1 amide bonds. The number of hydrogen-bond donors (Lipinski definition) is 1. The van der Waals surface area contributed by atoms with Crippen LogP contribution in [0.25, 0.3) is 5.76 Å². The van der Waals surface area contributed by atoms with E-state index in [0.29, 0.717) is 55.1 Å². The fourth-order valence-corrected chi connectivity index (χ4v) is 7.02. The van der Waals surface area contributed by atoms with Crippen molar-refractivity contribution >= 4 is 68.9 Å². The highest BCUT2D eigenvalue weighted by Crippen LogP contribution is 2.46. The van der Waals surface area contributed by atoms with E-state index in [2.05, 4.69) is 10.2 Å². The summed E-state index contributed by atoms with van der Waals surface area (Å²) in [6.45, 7) is 2.55. The van der Waals surface area contributed by atoms with Gasteiger partial charge in [0.25, 0.3) is 5.78 Å². The molecule has 1 atom stereocenters. The van der Waals surface area contributed by atoms with Gasteiger partial charge in [-0.1, -0.05) is 65.4 Å². The number of aliphatic hydroxyl groups excluding tert-OH is 1. The highest BCUT2D eigenvalue weighted by molar-refractivity contribution is 8.00. The van der Waals surface area contributed by atoms with Gasteiger partial charge < -0.3 is 19.3 Å². The number of Topliss-reactive ketones (excluding diaryl/α,β-unsaturated/α-hetero) is 1. The lowest BCUT2D eigenvalue weighted by atomic mass is 9.95. The zero-order chi connectivity index (χ0) is 31.4. The third-order valence-corrected chi connectivity index (χ3v) is 9.43. The first-order valence-electron chi connectivity index (χ1n) is 13.4. The number of aromatic nitrogens is 2. The molecule has 0 radical (unpaired) electrons. The molecular formula is C31H27Cl2N3O6S2. The molecule has 2 heterocycles. The van der Waals surface area contributed by atoms with Gasteiger partial charge in [0.2, 0.25) is 5.13 Å². The summed E-state index contributed by atoms with van der Waals surface area (Å²) in [5, 5.41) is 21.3. The van der Waals surface area contributed by atoms with Crippen LogP contribution in [-0.2, 0) is 15.3 Å². The molecule has 1 aromatic heterocycles. The molecule has 0 saturated carbocycles. The van der Waals surface area contributed by atoms with Gasteiger partial charge >= 0.3 is 5.91 Å². The van der Waals surface area contributed by atoms with Crippen LogP contribution in [0.5, 0.6) is 17.2 Å². The molecule has 0 spiro atoms. The molecule has 3 aromatic carbocycles. The van der Waals surface area contributed by atoms with Gasteiger partial charge in [-0.05, 0) is 66.1 Å². The standard InChI is InChI=1S/C31H27Cl2N3O6S2/c1-4-13-42-21-10-6-17(7-11-21)27(37)25-26(18-8-12-23(40-2)24(14-18)41-3)36(29(39)28(25)38)30-34-35-31(44-30)43-16-19-5-9-20(32)15-22(19)33/h5-12,14-15,26,37H,4,13,16H2,1-3H3/b27-25-. The Balaban J connectivity index is 1.54. The molecule has 1 aliphatic rings. The molecule has 1 saturated heterocycles. The van der Waals surface area contributed by atoms with Crippen molar-refractivity contribution in [2.24, 2.45) is 0 Å². The maximum atomic E-state index is 13.6. The van der Waals surface area contributed by atoms with Gasteiger partial charge in [-0.15, -0.1) is 10.2 Å². The molecule has 1 unspecified atom stereocenters. The number of nitrogens with zero attached hydrogens (tertiary/aromatic N) is 3. The Hall–Kier alpha value is -3.77. The van der Waals surface area contributed by atoms with E-state index in [9.17, 15) is 14.7 Å².